The molecule has 1 aliphatic heterocycles. The Labute approximate surface area is 124 Å². The molecule has 0 radical (unpaired) electrons. The fourth-order valence-electron chi connectivity index (χ4n) is 2.15. The van der Waals surface area contributed by atoms with Gasteiger partial charge in [-0.1, -0.05) is 0 Å². The quantitative estimate of drug-likeness (QED) is 0.637. The smallest absolute Gasteiger partial charge is 0.325 e. The molecule has 0 aromatic rings. The molecule has 0 aliphatic carbocycles. The first kappa shape index (κ1) is 17.4. The van der Waals surface area contributed by atoms with Gasteiger partial charge in [0.05, 0.1) is 20.3 Å². The summed E-state index contributed by atoms with van der Waals surface area (Å²) in [5, 5.41) is 0. The minimum Gasteiger partial charge on any atom is -0.468 e. The molecule has 7 heteroatoms. The van der Waals surface area contributed by atoms with Crippen molar-refractivity contribution in [2.75, 3.05) is 33.9 Å². The summed E-state index contributed by atoms with van der Waals surface area (Å²) in [7, 11) is 2.47. The second-order valence-electron chi connectivity index (χ2n) is 4.93. The van der Waals surface area contributed by atoms with E-state index in [0.29, 0.717) is 6.42 Å². The van der Waals surface area contributed by atoms with E-state index in [1.807, 2.05) is 0 Å². The van der Waals surface area contributed by atoms with Crippen molar-refractivity contribution in [3.8, 4) is 0 Å². The third-order valence-corrected chi connectivity index (χ3v) is 3.40. The number of rotatable bonds is 7. The summed E-state index contributed by atoms with van der Waals surface area (Å²) < 4.78 is 14.6. The summed E-state index contributed by atoms with van der Waals surface area (Å²) in [5.74, 6) is -1.41. The van der Waals surface area contributed by atoms with Crippen LogP contribution in [0.1, 0.15) is 32.1 Å². The number of ether oxygens (including phenoxy) is 3. The van der Waals surface area contributed by atoms with Crippen molar-refractivity contribution in [2.45, 2.75) is 38.2 Å². The van der Waals surface area contributed by atoms with E-state index >= 15 is 0 Å². The van der Waals surface area contributed by atoms with Crippen molar-refractivity contribution >= 4 is 17.8 Å². The number of amides is 1. The zero-order valence-corrected chi connectivity index (χ0v) is 12.6. The van der Waals surface area contributed by atoms with E-state index in [0.717, 1.165) is 30.8 Å². The van der Waals surface area contributed by atoms with Gasteiger partial charge in [-0.2, -0.15) is 0 Å². The van der Waals surface area contributed by atoms with Crippen LogP contribution in [0.3, 0.4) is 0 Å². The first-order chi connectivity index (χ1) is 10.1. The van der Waals surface area contributed by atoms with Gasteiger partial charge in [-0.3, -0.25) is 14.4 Å². The molecule has 7 nitrogen and oxygen atoms in total. The maximum absolute atomic E-state index is 12.1. The van der Waals surface area contributed by atoms with Crippen LogP contribution in [0.15, 0.2) is 0 Å². The number of carbonyl (C=O) groups excluding carboxylic acids is 3. The third kappa shape index (κ3) is 6.57. The van der Waals surface area contributed by atoms with Crippen LogP contribution < -0.4 is 0 Å². The lowest BCUT2D eigenvalue weighted by atomic mass is 10.0. The van der Waals surface area contributed by atoms with Crippen molar-refractivity contribution < 1.29 is 28.6 Å². The second-order valence-corrected chi connectivity index (χ2v) is 4.93. The molecule has 1 saturated heterocycles. The summed E-state index contributed by atoms with van der Waals surface area (Å²) in [4.78, 5) is 35.9. The lowest BCUT2D eigenvalue weighted by Gasteiger charge is -2.24. The predicted octanol–water partition coefficient (Wildman–Crippen LogP) is 0.510. The number of nitrogens with zero attached hydrogens (tertiary/aromatic N) is 1. The number of carbonyl (C=O) groups is 3. The highest BCUT2D eigenvalue weighted by atomic mass is 16.5. The Kier molecular flexibility index (Phi) is 7.74. The molecule has 0 N–H and O–H groups in total. The van der Waals surface area contributed by atoms with Crippen LogP contribution in [0.25, 0.3) is 0 Å². The van der Waals surface area contributed by atoms with Gasteiger partial charge in [-0.05, 0) is 25.7 Å². The van der Waals surface area contributed by atoms with Crippen molar-refractivity contribution in [3.63, 3.8) is 0 Å². The normalized spacial score (nSPS) is 17.9. The molecule has 0 bridgehead atoms. The molecule has 1 heterocycles. The van der Waals surface area contributed by atoms with Gasteiger partial charge >= 0.3 is 11.9 Å². The Morgan fingerprint density at radius 1 is 1.10 bits per heavy atom. The molecule has 0 aromatic heterocycles. The van der Waals surface area contributed by atoms with E-state index < -0.39 is 11.9 Å². The van der Waals surface area contributed by atoms with Crippen LogP contribution in [0.5, 0.6) is 0 Å². The Hall–Kier alpha value is -1.63. The molecule has 21 heavy (non-hydrogen) atoms. The summed E-state index contributed by atoms with van der Waals surface area (Å²) in [6, 6.07) is 0. The largest absolute Gasteiger partial charge is 0.468 e. The summed E-state index contributed by atoms with van der Waals surface area (Å²) in [5.41, 5.74) is 0. The zero-order valence-electron chi connectivity index (χ0n) is 12.6. The summed E-state index contributed by atoms with van der Waals surface area (Å²) in [6.07, 6.45) is 4.02. The topological polar surface area (TPSA) is 82.1 Å². The van der Waals surface area contributed by atoms with Crippen molar-refractivity contribution in [1.29, 1.82) is 0 Å². The fourth-order valence-corrected chi connectivity index (χ4v) is 2.15. The second kappa shape index (κ2) is 9.33. The molecule has 1 aliphatic rings. The molecule has 0 spiro atoms. The van der Waals surface area contributed by atoms with Gasteiger partial charge in [-0.15, -0.1) is 0 Å². The van der Waals surface area contributed by atoms with Gasteiger partial charge in [0.15, 0.2) is 0 Å². The molecule has 120 valence electrons. The van der Waals surface area contributed by atoms with Gasteiger partial charge in [0, 0.05) is 13.0 Å². The first-order valence-electron chi connectivity index (χ1n) is 7.09. The number of methoxy groups -OCH3 is 2. The molecule has 1 fully saturated rings. The van der Waals surface area contributed by atoms with Crippen molar-refractivity contribution in [3.05, 3.63) is 0 Å². The van der Waals surface area contributed by atoms with Crippen molar-refractivity contribution in [1.82, 2.24) is 4.90 Å². The fraction of sp³-hybridized carbons (Fsp3) is 0.786. The molecular weight excluding hydrogens is 278 g/mol. The average molecular weight is 301 g/mol. The molecule has 1 atom stereocenters. The molecule has 0 saturated carbocycles. The van der Waals surface area contributed by atoms with Gasteiger partial charge in [-0.25, -0.2) is 0 Å². The number of hydrogen-bond acceptors (Lipinski definition) is 6. The lowest BCUT2D eigenvalue weighted by Crippen LogP contribution is -2.40. The van der Waals surface area contributed by atoms with Gasteiger partial charge in [0.1, 0.15) is 13.1 Å². The number of esters is 2. The third-order valence-electron chi connectivity index (χ3n) is 3.40. The van der Waals surface area contributed by atoms with Crippen molar-refractivity contribution in [2.24, 2.45) is 0 Å². The van der Waals surface area contributed by atoms with Gasteiger partial charge in [0.2, 0.25) is 5.91 Å². The minimum atomic E-state index is -0.568. The highest BCUT2D eigenvalue weighted by molar-refractivity contribution is 5.85. The molecular formula is C14H23NO6. The van der Waals surface area contributed by atoms with Gasteiger partial charge < -0.3 is 19.1 Å². The average Bonchev–Trinajstić information content (AvgIpc) is 2.52. The van der Waals surface area contributed by atoms with Crippen LogP contribution in [0, 0.1) is 0 Å². The molecule has 0 aromatic carbocycles. The zero-order chi connectivity index (χ0) is 15.7. The van der Waals surface area contributed by atoms with E-state index in [9.17, 15) is 14.4 Å². The Morgan fingerprint density at radius 2 is 1.71 bits per heavy atom. The van der Waals surface area contributed by atoms with Crippen LogP contribution in [-0.2, 0) is 28.6 Å². The molecule has 1 amide bonds. The summed E-state index contributed by atoms with van der Waals surface area (Å²) >= 11 is 0. The standard InChI is InChI=1S/C14H23NO6/c1-19-13(17)9-15(10-14(18)20-2)12(16)7-6-11-5-3-4-8-21-11/h11H,3-10H2,1-2H3. The SMILES string of the molecule is COC(=O)CN(CC(=O)OC)C(=O)CCC1CCCCO1. The molecule has 1 unspecified atom stereocenters. The van der Waals surface area contributed by atoms with E-state index in [1.54, 1.807) is 0 Å². The highest BCUT2D eigenvalue weighted by Crippen LogP contribution is 2.17. The Morgan fingerprint density at radius 3 is 2.19 bits per heavy atom. The van der Waals surface area contributed by atoms with Crippen LogP contribution in [0.4, 0.5) is 0 Å². The maximum Gasteiger partial charge on any atom is 0.325 e. The number of hydrogen-bond donors (Lipinski definition) is 0. The van der Waals surface area contributed by atoms with Crippen LogP contribution in [0.2, 0.25) is 0 Å². The minimum absolute atomic E-state index is 0.0841. The predicted molar refractivity (Wildman–Crippen MR) is 73.4 cm³/mol. The molecule has 1 rings (SSSR count). The highest BCUT2D eigenvalue weighted by Gasteiger charge is 2.22. The van der Waals surface area contributed by atoms with E-state index in [4.69, 9.17) is 4.74 Å². The lowest BCUT2D eigenvalue weighted by molar-refractivity contribution is -0.152. The monoisotopic (exact) mass is 301 g/mol. The Balaban J connectivity index is 2.48. The van der Waals surface area contributed by atoms with Crippen LogP contribution in [-0.4, -0.2) is 62.8 Å². The van der Waals surface area contributed by atoms with Gasteiger partial charge in [0.25, 0.3) is 0 Å². The first-order valence-corrected chi connectivity index (χ1v) is 7.09. The van der Waals surface area contributed by atoms with E-state index in [-0.39, 0.29) is 31.5 Å². The summed E-state index contributed by atoms with van der Waals surface area (Å²) in [6.45, 7) is 0.221. The Bertz CT molecular complexity index is 346. The van der Waals surface area contributed by atoms with E-state index in [2.05, 4.69) is 9.47 Å². The maximum atomic E-state index is 12.1. The van der Waals surface area contributed by atoms with E-state index in [1.165, 1.54) is 14.2 Å². The van der Waals surface area contributed by atoms with Crippen LogP contribution >= 0.6 is 0 Å².